The van der Waals surface area contributed by atoms with Gasteiger partial charge < -0.3 is 0 Å². The highest BCUT2D eigenvalue weighted by molar-refractivity contribution is 6.19. The second kappa shape index (κ2) is 11.1. The fourth-order valence-electron chi connectivity index (χ4n) is 5.31. The highest BCUT2D eigenvalue weighted by Crippen LogP contribution is 2.41. The largest absolute Gasteiger partial charge is 0.299 e. The van der Waals surface area contributed by atoms with Crippen LogP contribution in [0.2, 0.25) is 0 Å². The maximum atomic E-state index is 12.5. The zero-order valence-electron chi connectivity index (χ0n) is 16.5. The van der Waals surface area contributed by atoms with Crippen LogP contribution in [0.3, 0.4) is 0 Å². The van der Waals surface area contributed by atoms with E-state index in [2.05, 4.69) is 13.8 Å². The highest BCUT2D eigenvalue weighted by Gasteiger charge is 2.35. The second-order valence-corrected chi connectivity index (χ2v) is 9.69. The van der Waals surface area contributed by atoms with Crippen LogP contribution < -0.4 is 0 Å². The van der Waals surface area contributed by atoms with Gasteiger partial charge in [-0.15, -0.1) is 23.2 Å². The van der Waals surface area contributed by atoms with Gasteiger partial charge in [-0.3, -0.25) is 9.59 Å². The second-order valence-electron chi connectivity index (χ2n) is 8.94. The van der Waals surface area contributed by atoms with E-state index >= 15 is 0 Å². The van der Waals surface area contributed by atoms with E-state index in [0.29, 0.717) is 59.8 Å². The quantitative estimate of drug-likeness (QED) is 0.425. The van der Waals surface area contributed by atoms with Crippen molar-refractivity contribution in [3.8, 4) is 0 Å². The third-order valence-corrected chi connectivity index (χ3v) is 7.39. The smallest absolute Gasteiger partial charge is 0.137 e. The molecule has 26 heavy (non-hydrogen) atoms. The zero-order chi connectivity index (χ0) is 19.1. The molecule has 0 spiro atoms. The first-order valence-corrected chi connectivity index (χ1v) is 11.7. The fourth-order valence-corrected chi connectivity index (χ4v) is 5.68. The summed E-state index contributed by atoms with van der Waals surface area (Å²) < 4.78 is 0. The summed E-state index contributed by atoms with van der Waals surface area (Å²) in [6.45, 7) is 4.49. The monoisotopic (exact) mass is 402 g/mol. The van der Waals surface area contributed by atoms with Crippen molar-refractivity contribution >= 4 is 34.8 Å². The van der Waals surface area contributed by atoms with Crippen LogP contribution in [0.1, 0.15) is 78.1 Å². The molecule has 6 atom stereocenters. The molecular formula is C22H36Cl2O2. The lowest BCUT2D eigenvalue weighted by atomic mass is 9.67. The maximum Gasteiger partial charge on any atom is 0.137 e. The Hall–Kier alpha value is -0.0800. The van der Waals surface area contributed by atoms with Crippen molar-refractivity contribution in [3.05, 3.63) is 0 Å². The van der Waals surface area contributed by atoms with E-state index in [1.54, 1.807) is 0 Å². The Bertz CT molecular complexity index is 465. The molecule has 6 unspecified atom stereocenters. The molecule has 0 amide bonds. The van der Waals surface area contributed by atoms with Gasteiger partial charge in [0, 0.05) is 36.4 Å². The number of rotatable bonds is 9. The number of hydrogen-bond donors (Lipinski definition) is 0. The number of alkyl halides is 2. The van der Waals surface area contributed by atoms with E-state index in [1.807, 2.05) is 0 Å². The predicted octanol–water partition coefficient (Wildman–Crippen LogP) is 6.27. The van der Waals surface area contributed by atoms with Crippen LogP contribution in [0.25, 0.3) is 0 Å². The van der Waals surface area contributed by atoms with Gasteiger partial charge in [0.25, 0.3) is 0 Å². The number of carbonyl (C=O) groups is 2. The Morgan fingerprint density at radius 2 is 1.46 bits per heavy atom. The van der Waals surface area contributed by atoms with Crippen molar-refractivity contribution in [2.45, 2.75) is 78.1 Å². The van der Waals surface area contributed by atoms with Crippen LogP contribution in [0, 0.1) is 35.5 Å². The van der Waals surface area contributed by atoms with Gasteiger partial charge in [-0.1, -0.05) is 33.1 Å². The van der Waals surface area contributed by atoms with E-state index in [-0.39, 0.29) is 11.8 Å². The number of ketones is 2. The molecule has 2 fully saturated rings. The van der Waals surface area contributed by atoms with Crippen molar-refractivity contribution in [3.63, 3.8) is 0 Å². The molecule has 0 saturated heterocycles. The minimum atomic E-state index is 0.201. The Kier molecular flexibility index (Phi) is 9.44. The number of halogens is 2. The van der Waals surface area contributed by atoms with Gasteiger partial charge in [0.1, 0.15) is 11.6 Å². The number of Topliss-reactive ketones (excluding diaryl/α,β-unsaturated/α-hetero) is 2. The molecule has 0 radical (unpaired) electrons. The molecule has 0 aliphatic heterocycles. The van der Waals surface area contributed by atoms with Crippen molar-refractivity contribution in [2.75, 3.05) is 11.8 Å². The zero-order valence-corrected chi connectivity index (χ0v) is 18.0. The molecule has 0 bridgehead atoms. The highest BCUT2D eigenvalue weighted by atomic mass is 35.5. The summed E-state index contributed by atoms with van der Waals surface area (Å²) in [6.07, 6.45) is 10.2. The Balaban J connectivity index is 1.89. The summed E-state index contributed by atoms with van der Waals surface area (Å²) in [7, 11) is 0. The van der Waals surface area contributed by atoms with Gasteiger partial charge >= 0.3 is 0 Å². The Morgan fingerprint density at radius 1 is 0.808 bits per heavy atom. The molecule has 0 aromatic carbocycles. The lowest BCUT2D eigenvalue weighted by molar-refractivity contribution is -0.126. The topological polar surface area (TPSA) is 34.1 Å². The number of hydrogen-bond acceptors (Lipinski definition) is 2. The molecule has 0 aromatic heterocycles. The van der Waals surface area contributed by atoms with Crippen molar-refractivity contribution < 1.29 is 9.59 Å². The van der Waals surface area contributed by atoms with Gasteiger partial charge in [0.2, 0.25) is 0 Å². The maximum absolute atomic E-state index is 12.5. The third kappa shape index (κ3) is 6.23. The average Bonchev–Trinajstić information content (AvgIpc) is 2.62. The summed E-state index contributed by atoms with van der Waals surface area (Å²) in [5, 5.41) is 0. The first kappa shape index (κ1) is 22.2. The van der Waals surface area contributed by atoms with Crippen LogP contribution in [0.4, 0.5) is 0 Å². The lowest BCUT2D eigenvalue weighted by Crippen LogP contribution is -2.32. The minimum Gasteiger partial charge on any atom is -0.299 e. The summed E-state index contributed by atoms with van der Waals surface area (Å²) in [4.78, 5) is 24.9. The van der Waals surface area contributed by atoms with Gasteiger partial charge in [0.15, 0.2) is 0 Å². The molecule has 0 aromatic rings. The van der Waals surface area contributed by atoms with Gasteiger partial charge in [-0.05, 0) is 55.8 Å². The van der Waals surface area contributed by atoms with Crippen LogP contribution >= 0.6 is 23.2 Å². The molecule has 2 aliphatic carbocycles. The number of carbonyl (C=O) groups excluding carboxylic acids is 2. The van der Waals surface area contributed by atoms with E-state index in [9.17, 15) is 9.59 Å². The van der Waals surface area contributed by atoms with Crippen molar-refractivity contribution in [2.24, 2.45) is 35.5 Å². The normalized spacial score (nSPS) is 35.2. The van der Waals surface area contributed by atoms with Crippen LogP contribution in [0.5, 0.6) is 0 Å². The van der Waals surface area contributed by atoms with Crippen LogP contribution in [-0.2, 0) is 9.59 Å². The first-order valence-electron chi connectivity index (χ1n) is 10.6. The van der Waals surface area contributed by atoms with Crippen molar-refractivity contribution in [1.29, 1.82) is 0 Å². The summed E-state index contributed by atoms with van der Waals surface area (Å²) in [5.41, 5.74) is 0. The van der Waals surface area contributed by atoms with Gasteiger partial charge in [-0.2, -0.15) is 0 Å². The van der Waals surface area contributed by atoms with E-state index < -0.39 is 0 Å². The van der Waals surface area contributed by atoms with E-state index in [0.717, 1.165) is 25.7 Å². The molecular weight excluding hydrogens is 367 g/mol. The van der Waals surface area contributed by atoms with Gasteiger partial charge in [0.05, 0.1) is 0 Å². The predicted molar refractivity (Wildman–Crippen MR) is 110 cm³/mol. The Labute approximate surface area is 169 Å². The van der Waals surface area contributed by atoms with Crippen molar-refractivity contribution in [1.82, 2.24) is 0 Å². The minimum absolute atomic E-state index is 0.201. The molecule has 4 heteroatoms. The molecule has 2 rings (SSSR count). The SMILES string of the molecule is CC1CCC(CCC2CCC(C)C(C(=O)CCCl)C2)C(C(=O)CCCl)C1. The van der Waals surface area contributed by atoms with Gasteiger partial charge in [-0.25, -0.2) is 0 Å². The molecule has 0 heterocycles. The summed E-state index contributed by atoms with van der Waals surface area (Å²) >= 11 is 11.6. The molecule has 2 aliphatic rings. The molecule has 2 nitrogen and oxygen atoms in total. The summed E-state index contributed by atoms with van der Waals surface area (Å²) in [5.74, 6) is 4.36. The molecule has 150 valence electrons. The van der Waals surface area contributed by atoms with Crippen LogP contribution in [-0.4, -0.2) is 23.3 Å². The van der Waals surface area contributed by atoms with Crippen LogP contribution in [0.15, 0.2) is 0 Å². The summed E-state index contributed by atoms with van der Waals surface area (Å²) in [6, 6.07) is 0. The molecule has 0 N–H and O–H groups in total. The first-order chi connectivity index (χ1) is 12.5. The fraction of sp³-hybridized carbons (Fsp3) is 0.909. The Morgan fingerprint density at radius 3 is 2.12 bits per heavy atom. The average molecular weight is 403 g/mol. The van der Waals surface area contributed by atoms with E-state index in [4.69, 9.17) is 23.2 Å². The lowest BCUT2D eigenvalue weighted by Gasteiger charge is -2.37. The van der Waals surface area contributed by atoms with E-state index in [1.165, 1.54) is 25.7 Å². The standard InChI is InChI=1S/C22H36Cl2O2/c1-15-3-7-18(20(13-15)22(26)10-12-24)8-6-17-5-4-16(2)19(14-17)21(25)9-11-23/h15-20H,3-14H2,1-2H3. The molecule has 2 saturated carbocycles. The third-order valence-electron chi connectivity index (χ3n) is 7.01.